The standard InChI is InChI=1S/C20H24N2O2S/c1-15(22-19(24)17-10-7-13-25-17)18(23)21-14-20(11-5-6-12-20)16-8-3-2-4-9-16/h2-4,7-10,13,15H,5-6,11-12,14H2,1H3,(H,21,23)(H,22,24). The van der Waals surface area contributed by atoms with E-state index < -0.39 is 6.04 Å². The maximum absolute atomic E-state index is 12.5. The second-order valence-corrected chi connectivity index (χ2v) is 7.69. The van der Waals surface area contributed by atoms with E-state index >= 15 is 0 Å². The van der Waals surface area contributed by atoms with Crippen molar-refractivity contribution in [3.05, 3.63) is 58.3 Å². The summed E-state index contributed by atoms with van der Waals surface area (Å²) in [6, 6.07) is 13.5. The summed E-state index contributed by atoms with van der Waals surface area (Å²) in [5, 5.41) is 7.68. The molecule has 1 aliphatic rings. The molecule has 2 aromatic rings. The van der Waals surface area contributed by atoms with E-state index in [-0.39, 0.29) is 17.2 Å². The van der Waals surface area contributed by atoms with Gasteiger partial charge in [0.15, 0.2) is 0 Å². The van der Waals surface area contributed by atoms with Crippen molar-refractivity contribution in [2.75, 3.05) is 6.54 Å². The number of hydrogen-bond acceptors (Lipinski definition) is 3. The van der Waals surface area contributed by atoms with Crippen molar-refractivity contribution in [2.24, 2.45) is 0 Å². The fraction of sp³-hybridized carbons (Fsp3) is 0.400. The second kappa shape index (κ2) is 7.83. The van der Waals surface area contributed by atoms with Gasteiger partial charge in [-0.3, -0.25) is 9.59 Å². The van der Waals surface area contributed by atoms with Crippen LogP contribution in [-0.2, 0) is 10.2 Å². The molecule has 1 heterocycles. The van der Waals surface area contributed by atoms with Crippen LogP contribution in [0.3, 0.4) is 0 Å². The van der Waals surface area contributed by atoms with Gasteiger partial charge in [0.25, 0.3) is 5.91 Å². The summed E-state index contributed by atoms with van der Waals surface area (Å²) in [7, 11) is 0. The van der Waals surface area contributed by atoms with Crippen LogP contribution in [-0.4, -0.2) is 24.4 Å². The van der Waals surface area contributed by atoms with Crippen LogP contribution in [0.25, 0.3) is 0 Å². The summed E-state index contributed by atoms with van der Waals surface area (Å²) < 4.78 is 0. The normalized spacial score (nSPS) is 17.0. The van der Waals surface area contributed by atoms with Gasteiger partial charge in [0.1, 0.15) is 6.04 Å². The van der Waals surface area contributed by atoms with Crippen LogP contribution in [0, 0.1) is 0 Å². The first-order valence-corrected chi connectivity index (χ1v) is 9.66. The molecular weight excluding hydrogens is 332 g/mol. The molecule has 2 N–H and O–H groups in total. The van der Waals surface area contributed by atoms with Crippen LogP contribution < -0.4 is 10.6 Å². The largest absolute Gasteiger partial charge is 0.353 e. The highest BCUT2D eigenvalue weighted by molar-refractivity contribution is 7.12. The van der Waals surface area contributed by atoms with Crippen molar-refractivity contribution in [1.29, 1.82) is 0 Å². The predicted octanol–water partition coefficient (Wildman–Crippen LogP) is 3.49. The molecule has 25 heavy (non-hydrogen) atoms. The van der Waals surface area contributed by atoms with E-state index in [4.69, 9.17) is 0 Å². The lowest BCUT2D eigenvalue weighted by molar-refractivity contribution is -0.122. The van der Waals surface area contributed by atoms with Crippen molar-refractivity contribution in [3.63, 3.8) is 0 Å². The van der Waals surface area contributed by atoms with E-state index in [1.54, 1.807) is 13.0 Å². The fourth-order valence-electron chi connectivity index (χ4n) is 3.56. The van der Waals surface area contributed by atoms with Crippen molar-refractivity contribution >= 4 is 23.2 Å². The number of carbonyl (C=O) groups is 2. The summed E-state index contributed by atoms with van der Waals surface area (Å²) >= 11 is 1.37. The van der Waals surface area contributed by atoms with E-state index in [2.05, 4.69) is 34.9 Å². The van der Waals surface area contributed by atoms with Crippen LogP contribution >= 0.6 is 11.3 Å². The van der Waals surface area contributed by atoms with Gasteiger partial charge in [0.05, 0.1) is 4.88 Å². The van der Waals surface area contributed by atoms with Crippen molar-refractivity contribution in [2.45, 2.75) is 44.1 Å². The van der Waals surface area contributed by atoms with Crippen LogP contribution in [0.4, 0.5) is 0 Å². The Kier molecular flexibility index (Phi) is 5.53. The summed E-state index contributed by atoms with van der Waals surface area (Å²) in [6.07, 6.45) is 4.56. The van der Waals surface area contributed by atoms with E-state index in [1.807, 2.05) is 17.5 Å². The molecule has 0 spiro atoms. The number of thiophene rings is 1. The highest BCUT2D eigenvalue weighted by Gasteiger charge is 2.36. The van der Waals surface area contributed by atoms with Gasteiger partial charge in [0.2, 0.25) is 5.91 Å². The Labute approximate surface area is 152 Å². The zero-order valence-electron chi connectivity index (χ0n) is 14.5. The molecule has 1 fully saturated rings. The average Bonchev–Trinajstić information content (AvgIpc) is 3.33. The quantitative estimate of drug-likeness (QED) is 0.832. The van der Waals surface area contributed by atoms with E-state index in [1.165, 1.54) is 29.7 Å². The van der Waals surface area contributed by atoms with Gasteiger partial charge in [-0.15, -0.1) is 11.3 Å². The highest BCUT2D eigenvalue weighted by atomic mass is 32.1. The fourth-order valence-corrected chi connectivity index (χ4v) is 4.19. The van der Waals surface area contributed by atoms with Crippen LogP contribution in [0.2, 0.25) is 0 Å². The lowest BCUT2D eigenvalue weighted by Crippen LogP contribution is -2.48. The molecule has 0 saturated heterocycles. The van der Waals surface area contributed by atoms with Crippen LogP contribution in [0.15, 0.2) is 47.8 Å². The summed E-state index contributed by atoms with van der Waals surface area (Å²) in [5.74, 6) is -0.330. The minimum absolute atomic E-state index is 0.0222. The van der Waals surface area contributed by atoms with E-state index in [0.29, 0.717) is 11.4 Å². The molecule has 2 amide bonds. The molecule has 1 saturated carbocycles. The Hall–Kier alpha value is -2.14. The third-order valence-electron chi connectivity index (χ3n) is 5.03. The molecule has 132 valence electrons. The molecule has 5 heteroatoms. The SMILES string of the molecule is CC(NC(=O)c1cccs1)C(=O)NCC1(c2ccccc2)CCCC1. The molecule has 0 bridgehead atoms. The molecule has 1 aromatic carbocycles. The number of hydrogen-bond donors (Lipinski definition) is 2. The number of benzene rings is 1. The van der Waals surface area contributed by atoms with Crippen molar-refractivity contribution in [3.8, 4) is 0 Å². The Bertz CT molecular complexity index is 707. The van der Waals surface area contributed by atoms with E-state index in [0.717, 1.165) is 12.8 Å². The maximum Gasteiger partial charge on any atom is 0.261 e. The van der Waals surface area contributed by atoms with Crippen LogP contribution in [0.5, 0.6) is 0 Å². The van der Waals surface area contributed by atoms with Gasteiger partial charge >= 0.3 is 0 Å². The first-order chi connectivity index (χ1) is 12.1. The summed E-state index contributed by atoms with van der Waals surface area (Å²) in [6.45, 7) is 2.35. The molecule has 4 nitrogen and oxygen atoms in total. The molecule has 0 radical (unpaired) electrons. The summed E-state index contributed by atoms with van der Waals surface area (Å²) in [4.78, 5) is 25.2. The molecule has 3 rings (SSSR count). The average molecular weight is 356 g/mol. The van der Waals surface area contributed by atoms with Gasteiger partial charge in [0, 0.05) is 12.0 Å². The molecule has 1 aliphatic carbocycles. The van der Waals surface area contributed by atoms with Crippen molar-refractivity contribution in [1.82, 2.24) is 10.6 Å². The zero-order valence-corrected chi connectivity index (χ0v) is 15.3. The smallest absolute Gasteiger partial charge is 0.261 e. The van der Waals surface area contributed by atoms with E-state index in [9.17, 15) is 9.59 Å². The molecule has 0 aliphatic heterocycles. The van der Waals surface area contributed by atoms with Gasteiger partial charge < -0.3 is 10.6 Å². The third-order valence-corrected chi connectivity index (χ3v) is 5.90. The third kappa shape index (κ3) is 4.10. The maximum atomic E-state index is 12.5. The van der Waals surface area contributed by atoms with Gasteiger partial charge in [-0.2, -0.15) is 0 Å². The Balaban J connectivity index is 1.59. The lowest BCUT2D eigenvalue weighted by atomic mass is 9.79. The van der Waals surface area contributed by atoms with Gasteiger partial charge in [-0.05, 0) is 36.8 Å². The molecule has 1 aromatic heterocycles. The Morgan fingerprint density at radius 2 is 1.84 bits per heavy atom. The molecule has 1 atom stereocenters. The number of rotatable bonds is 6. The van der Waals surface area contributed by atoms with Crippen molar-refractivity contribution < 1.29 is 9.59 Å². The predicted molar refractivity (Wildman–Crippen MR) is 101 cm³/mol. The topological polar surface area (TPSA) is 58.2 Å². The minimum Gasteiger partial charge on any atom is -0.353 e. The molecular formula is C20H24N2O2S. The number of carbonyl (C=O) groups excluding carboxylic acids is 2. The van der Waals surface area contributed by atoms with Gasteiger partial charge in [-0.1, -0.05) is 49.2 Å². The number of amides is 2. The second-order valence-electron chi connectivity index (χ2n) is 6.74. The lowest BCUT2D eigenvalue weighted by Gasteiger charge is -2.30. The first-order valence-electron chi connectivity index (χ1n) is 8.78. The summed E-state index contributed by atoms with van der Waals surface area (Å²) in [5.41, 5.74) is 1.32. The number of nitrogens with one attached hydrogen (secondary N) is 2. The van der Waals surface area contributed by atoms with Crippen LogP contribution in [0.1, 0.15) is 47.8 Å². The first kappa shape index (κ1) is 17.7. The minimum atomic E-state index is -0.552. The molecule has 1 unspecified atom stereocenters. The monoisotopic (exact) mass is 356 g/mol. The Morgan fingerprint density at radius 1 is 1.12 bits per heavy atom. The van der Waals surface area contributed by atoms with Gasteiger partial charge in [-0.25, -0.2) is 0 Å². The Morgan fingerprint density at radius 3 is 2.48 bits per heavy atom. The highest BCUT2D eigenvalue weighted by Crippen LogP contribution is 2.40. The zero-order chi connectivity index (χ0) is 17.7.